The molecule has 0 aliphatic rings. The second-order valence-electron chi connectivity index (χ2n) is 4.85. The Bertz CT molecular complexity index is 796. The molecule has 0 saturated carbocycles. The van der Waals surface area contributed by atoms with Crippen molar-refractivity contribution in [3.63, 3.8) is 0 Å². The van der Waals surface area contributed by atoms with E-state index in [4.69, 9.17) is 5.26 Å². The van der Waals surface area contributed by atoms with Crippen molar-refractivity contribution in [1.29, 1.82) is 5.26 Å². The standard InChI is InChI=1S/C16H14N4O3/c1-11-5-6-14(20(22)23)8-15(11)18-10-16(21)19-13-4-2-3-12(7-13)9-17/h2-8,18H,10H2,1H3,(H,19,21). The number of non-ortho nitro benzene ring substituents is 1. The van der Waals surface area contributed by atoms with Gasteiger partial charge in [0.2, 0.25) is 5.91 Å². The Morgan fingerprint density at radius 3 is 2.78 bits per heavy atom. The number of nitrogens with one attached hydrogen (secondary N) is 2. The zero-order valence-corrected chi connectivity index (χ0v) is 12.4. The molecule has 0 fully saturated rings. The molecule has 0 heterocycles. The van der Waals surface area contributed by atoms with Crippen molar-refractivity contribution in [1.82, 2.24) is 0 Å². The summed E-state index contributed by atoms with van der Waals surface area (Å²) in [6.45, 7) is 1.75. The Kier molecular flexibility index (Phi) is 4.89. The zero-order valence-electron chi connectivity index (χ0n) is 12.4. The van der Waals surface area contributed by atoms with Gasteiger partial charge in [0.25, 0.3) is 5.69 Å². The van der Waals surface area contributed by atoms with Gasteiger partial charge in [-0.1, -0.05) is 12.1 Å². The molecule has 0 atom stereocenters. The maximum absolute atomic E-state index is 11.9. The Balaban J connectivity index is 2.00. The molecule has 2 aromatic rings. The van der Waals surface area contributed by atoms with E-state index in [1.54, 1.807) is 37.3 Å². The fourth-order valence-corrected chi connectivity index (χ4v) is 1.96. The number of nitriles is 1. The van der Waals surface area contributed by atoms with Crippen molar-refractivity contribution in [3.05, 3.63) is 63.7 Å². The number of nitro groups is 1. The van der Waals surface area contributed by atoms with Crippen LogP contribution in [0, 0.1) is 28.4 Å². The fourth-order valence-electron chi connectivity index (χ4n) is 1.96. The third-order valence-corrected chi connectivity index (χ3v) is 3.15. The molecule has 2 aromatic carbocycles. The molecule has 0 aliphatic heterocycles. The number of hydrogen-bond acceptors (Lipinski definition) is 5. The highest BCUT2D eigenvalue weighted by Gasteiger charge is 2.10. The first kappa shape index (κ1) is 16.0. The zero-order chi connectivity index (χ0) is 16.8. The predicted octanol–water partition coefficient (Wildman–Crippen LogP) is 2.83. The van der Waals surface area contributed by atoms with Gasteiger partial charge in [-0.25, -0.2) is 0 Å². The third-order valence-electron chi connectivity index (χ3n) is 3.15. The molecule has 0 saturated heterocycles. The normalized spacial score (nSPS) is 9.74. The molecule has 0 radical (unpaired) electrons. The van der Waals surface area contributed by atoms with Gasteiger partial charge in [0.1, 0.15) is 0 Å². The molecule has 2 N–H and O–H groups in total. The molecule has 2 rings (SSSR count). The van der Waals surface area contributed by atoms with E-state index in [2.05, 4.69) is 10.6 Å². The molecule has 0 aromatic heterocycles. The molecule has 0 bridgehead atoms. The first-order valence-electron chi connectivity index (χ1n) is 6.78. The number of aryl methyl sites for hydroxylation is 1. The summed E-state index contributed by atoms with van der Waals surface area (Å²) in [4.78, 5) is 22.2. The van der Waals surface area contributed by atoms with Crippen LogP contribution in [-0.2, 0) is 4.79 Å². The van der Waals surface area contributed by atoms with Gasteiger partial charge in [-0.3, -0.25) is 14.9 Å². The summed E-state index contributed by atoms with van der Waals surface area (Å²) in [5.41, 5.74) is 2.26. The molecule has 7 heteroatoms. The van der Waals surface area contributed by atoms with Crippen LogP contribution < -0.4 is 10.6 Å². The average Bonchev–Trinajstić information content (AvgIpc) is 2.54. The summed E-state index contributed by atoms with van der Waals surface area (Å²) in [6.07, 6.45) is 0. The van der Waals surface area contributed by atoms with Crippen LogP contribution in [0.3, 0.4) is 0 Å². The highest BCUT2D eigenvalue weighted by Crippen LogP contribution is 2.21. The maximum Gasteiger partial charge on any atom is 0.271 e. The average molecular weight is 310 g/mol. The van der Waals surface area contributed by atoms with Gasteiger partial charge in [0.05, 0.1) is 23.1 Å². The third kappa shape index (κ3) is 4.28. The lowest BCUT2D eigenvalue weighted by atomic mass is 10.2. The number of nitrogens with zero attached hydrogens (tertiary/aromatic N) is 2. The number of amides is 1. The highest BCUT2D eigenvalue weighted by atomic mass is 16.6. The minimum absolute atomic E-state index is 0.0415. The van der Waals surface area contributed by atoms with Crippen LogP contribution in [0.1, 0.15) is 11.1 Å². The molecular weight excluding hydrogens is 296 g/mol. The van der Waals surface area contributed by atoms with E-state index in [0.29, 0.717) is 16.9 Å². The lowest BCUT2D eigenvalue weighted by Gasteiger charge is -2.10. The predicted molar refractivity (Wildman–Crippen MR) is 86.1 cm³/mol. The first-order chi connectivity index (χ1) is 11.0. The number of hydrogen-bond donors (Lipinski definition) is 2. The summed E-state index contributed by atoms with van der Waals surface area (Å²) < 4.78 is 0. The fraction of sp³-hybridized carbons (Fsp3) is 0.125. The Labute approximate surface area is 132 Å². The Morgan fingerprint density at radius 2 is 2.09 bits per heavy atom. The Morgan fingerprint density at radius 1 is 1.30 bits per heavy atom. The maximum atomic E-state index is 11.9. The van der Waals surface area contributed by atoms with Gasteiger partial charge >= 0.3 is 0 Å². The summed E-state index contributed by atoms with van der Waals surface area (Å²) in [6, 6.07) is 13.0. The van der Waals surface area contributed by atoms with Gasteiger partial charge in [-0.15, -0.1) is 0 Å². The number of anilines is 2. The van der Waals surface area contributed by atoms with Gasteiger partial charge in [0, 0.05) is 23.5 Å². The van der Waals surface area contributed by atoms with Crippen molar-refractivity contribution < 1.29 is 9.72 Å². The van der Waals surface area contributed by atoms with Crippen LogP contribution in [0.25, 0.3) is 0 Å². The van der Waals surface area contributed by atoms with Gasteiger partial charge < -0.3 is 10.6 Å². The van der Waals surface area contributed by atoms with Crippen LogP contribution in [-0.4, -0.2) is 17.4 Å². The van der Waals surface area contributed by atoms with Crippen LogP contribution in [0.4, 0.5) is 17.1 Å². The molecule has 116 valence electrons. The van der Waals surface area contributed by atoms with Gasteiger partial charge in [-0.05, 0) is 30.7 Å². The number of nitro benzene ring substituents is 1. The molecule has 1 amide bonds. The van der Waals surface area contributed by atoms with Gasteiger partial charge in [-0.2, -0.15) is 5.26 Å². The van der Waals surface area contributed by atoms with Crippen LogP contribution in [0.15, 0.2) is 42.5 Å². The van der Waals surface area contributed by atoms with Crippen LogP contribution in [0.2, 0.25) is 0 Å². The lowest BCUT2D eigenvalue weighted by molar-refractivity contribution is -0.384. The largest absolute Gasteiger partial charge is 0.376 e. The summed E-state index contributed by atoms with van der Waals surface area (Å²) in [7, 11) is 0. The lowest BCUT2D eigenvalue weighted by Crippen LogP contribution is -2.22. The van der Waals surface area contributed by atoms with Crippen molar-refractivity contribution in [2.45, 2.75) is 6.92 Å². The van der Waals surface area contributed by atoms with E-state index >= 15 is 0 Å². The molecule has 0 spiro atoms. The van der Waals surface area contributed by atoms with Crippen LogP contribution >= 0.6 is 0 Å². The quantitative estimate of drug-likeness (QED) is 0.652. The second kappa shape index (κ2) is 7.04. The SMILES string of the molecule is Cc1ccc([N+](=O)[O-])cc1NCC(=O)Nc1cccc(C#N)c1. The van der Waals surface area contributed by atoms with E-state index in [1.807, 2.05) is 6.07 Å². The minimum Gasteiger partial charge on any atom is -0.376 e. The van der Waals surface area contributed by atoms with Crippen molar-refractivity contribution >= 4 is 23.0 Å². The molecule has 23 heavy (non-hydrogen) atoms. The van der Waals surface area contributed by atoms with E-state index in [0.717, 1.165) is 5.56 Å². The van der Waals surface area contributed by atoms with Crippen molar-refractivity contribution in [2.24, 2.45) is 0 Å². The van der Waals surface area contributed by atoms with E-state index < -0.39 is 4.92 Å². The minimum atomic E-state index is -0.488. The van der Waals surface area contributed by atoms with Crippen LogP contribution in [0.5, 0.6) is 0 Å². The summed E-state index contributed by atoms with van der Waals surface area (Å²) >= 11 is 0. The smallest absolute Gasteiger partial charge is 0.271 e. The van der Waals surface area contributed by atoms with Crippen molar-refractivity contribution in [2.75, 3.05) is 17.2 Å². The van der Waals surface area contributed by atoms with Crippen molar-refractivity contribution in [3.8, 4) is 6.07 Å². The number of benzene rings is 2. The van der Waals surface area contributed by atoms with E-state index in [-0.39, 0.29) is 18.1 Å². The van der Waals surface area contributed by atoms with E-state index in [1.165, 1.54) is 12.1 Å². The monoisotopic (exact) mass is 310 g/mol. The molecule has 0 unspecified atom stereocenters. The number of carbonyl (C=O) groups excluding carboxylic acids is 1. The van der Waals surface area contributed by atoms with E-state index in [9.17, 15) is 14.9 Å². The Hall–Kier alpha value is -3.40. The highest BCUT2D eigenvalue weighted by molar-refractivity contribution is 5.94. The topological polar surface area (TPSA) is 108 Å². The molecule has 7 nitrogen and oxygen atoms in total. The summed E-state index contributed by atoms with van der Waals surface area (Å²) in [5, 5.41) is 25.1. The number of carbonyl (C=O) groups is 1. The van der Waals surface area contributed by atoms with Gasteiger partial charge in [0.15, 0.2) is 0 Å². The number of rotatable bonds is 5. The summed E-state index contributed by atoms with van der Waals surface area (Å²) in [5.74, 6) is -0.314. The first-order valence-corrected chi connectivity index (χ1v) is 6.78. The molecule has 0 aliphatic carbocycles. The molecular formula is C16H14N4O3. The second-order valence-corrected chi connectivity index (χ2v) is 4.85.